The first-order valence-electron chi connectivity index (χ1n) is 27.4. The van der Waals surface area contributed by atoms with E-state index < -0.39 is 138 Å². The zero-order valence-corrected chi connectivity index (χ0v) is 47.2. The van der Waals surface area contributed by atoms with Crippen molar-refractivity contribution >= 4 is 43.6 Å². The molecule has 0 N–H and O–H groups in total. The molecule has 96 heavy (non-hydrogen) atoms. The second kappa shape index (κ2) is 22.3. The standard InChI is InChI=1S/C68H30F24N4/c69-61(70,71)38-9-17-42(50(25-38)65(81,82)83)34-5-13-46-47-14-6-35(43-18-10-39(62(72,73)74)26-51(43)66(84,85)86)22-55(47)95(54(46)21-34)58-30-94-31-59(60(58)33-3-1-32(29-93)2-4-33)96-56-23-36(44-19-11-40(63(75,76)77)27-52(44)67(87,88)89)7-15-48(56)49-16-8-37(24-57(49)96)45-20-12-41(64(78,79)80)28-53(45)68(90,91)92/h1-28,30-31H. The third-order valence-corrected chi connectivity index (χ3v) is 16.1. The summed E-state index contributed by atoms with van der Waals surface area (Å²) < 4.78 is 351. The average Bonchev–Trinajstić information content (AvgIpc) is 1.54. The fourth-order valence-electron chi connectivity index (χ4n) is 11.8. The Morgan fingerprint density at radius 2 is 0.510 bits per heavy atom. The van der Waals surface area contributed by atoms with Gasteiger partial charge in [0.15, 0.2) is 0 Å². The van der Waals surface area contributed by atoms with Gasteiger partial charge in [0.1, 0.15) is 0 Å². The molecule has 4 nitrogen and oxygen atoms in total. The molecule has 12 aromatic rings. The first-order chi connectivity index (χ1) is 44.6. The van der Waals surface area contributed by atoms with Gasteiger partial charge < -0.3 is 9.13 Å². The highest BCUT2D eigenvalue weighted by atomic mass is 19.4. The topological polar surface area (TPSA) is 46.5 Å². The summed E-state index contributed by atoms with van der Waals surface area (Å²) in [5, 5.41) is 9.99. The molecule has 28 heteroatoms. The van der Waals surface area contributed by atoms with E-state index >= 15 is 52.7 Å². The van der Waals surface area contributed by atoms with Crippen molar-refractivity contribution < 1.29 is 105 Å². The minimum absolute atomic E-state index is 0.000541. The zero-order valence-electron chi connectivity index (χ0n) is 47.2. The minimum atomic E-state index is -5.50. The Bertz CT molecular complexity index is 4620. The van der Waals surface area contributed by atoms with E-state index in [-0.39, 0.29) is 95.9 Å². The van der Waals surface area contributed by atoms with Crippen LogP contribution in [0.3, 0.4) is 0 Å². The highest BCUT2D eigenvalue weighted by molar-refractivity contribution is 6.14. The van der Waals surface area contributed by atoms with Gasteiger partial charge in [0.05, 0.1) is 102 Å². The lowest BCUT2D eigenvalue weighted by Gasteiger charge is -2.21. The van der Waals surface area contributed by atoms with Gasteiger partial charge in [0.2, 0.25) is 0 Å². The Kier molecular flexibility index (Phi) is 15.3. The number of pyridine rings is 1. The Balaban J connectivity index is 1.24. The van der Waals surface area contributed by atoms with E-state index in [1.807, 2.05) is 6.07 Å². The maximum Gasteiger partial charge on any atom is 0.417 e. The van der Waals surface area contributed by atoms with Gasteiger partial charge in [-0.05, 0) is 135 Å². The second-order valence-electron chi connectivity index (χ2n) is 21.9. The van der Waals surface area contributed by atoms with Gasteiger partial charge in [-0.3, -0.25) is 4.98 Å². The molecule has 490 valence electrons. The zero-order chi connectivity index (χ0) is 69.5. The van der Waals surface area contributed by atoms with Gasteiger partial charge >= 0.3 is 49.4 Å². The number of benzene rings is 9. The monoisotopic (exact) mass is 1360 g/mol. The predicted molar refractivity (Wildman–Crippen MR) is 305 cm³/mol. The fourth-order valence-corrected chi connectivity index (χ4v) is 11.8. The number of nitriles is 1. The van der Waals surface area contributed by atoms with Crippen LogP contribution in [0.5, 0.6) is 0 Å². The van der Waals surface area contributed by atoms with Gasteiger partial charge in [-0.2, -0.15) is 111 Å². The van der Waals surface area contributed by atoms with Crippen LogP contribution >= 0.6 is 0 Å². The number of fused-ring (bicyclic) bond motifs is 6. The van der Waals surface area contributed by atoms with Crippen molar-refractivity contribution in [1.29, 1.82) is 5.26 Å². The molecule has 0 aliphatic carbocycles. The maximum absolute atomic E-state index is 15.0. The van der Waals surface area contributed by atoms with Gasteiger partial charge in [-0.15, -0.1) is 0 Å². The smallest absolute Gasteiger partial charge is 0.307 e. The van der Waals surface area contributed by atoms with Crippen molar-refractivity contribution in [3.63, 3.8) is 0 Å². The third-order valence-electron chi connectivity index (χ3n) is 16.1. The highest BCUT2D eigenvalue weighted by Crippen LogP contribution is 2.51. The van der Waals surface area contributed by atoms with E-state index in [9.17, 15) is 57.9 Å². The Morgan fingerprint density at radius 3 is 0.729 bits per heavy atom. The molecule has 3 aromatic heterocycles. The molecule has 0 unspecified atom stereocenters. The van der Waals surface area contributed by atoms with Crippen LogP contribution < -0.4 is 0 Å². The summed E-state index contributed by atoms with van der Waals surface area (Å²) in [4.78, 5) is 4.47. The SMILES string of the molecule is N#Cc1ccc(-c2c(-n3c4cc(-c5ccc(C(F)(F)F)cc5C(F)(F)F)ccc4c4ccc(-c5ccc(C(F)(F)F)cc5C(F)(F)F)cc43)cncc2-n2c3cc(-c4ccc(C(F)(F)F)cc4C(F)(F)F)ccc3c3ccc(-c4ccc(C(F)(F)F)cc4C(F)(F)F)cc32)cc1. The highest BCUT2D eigenvalue weighted by Gasteiger charge is 2.43. The van der Waals surface area contributed by atoms with E-state index in [0.717, 1.165) is 70.1 Å². The lowest BCUT2D eigenvalue weighted by Crippen LogP contribution is -2.12. The Morgan fingerprint density at radius 1 is 0.271 bits per heavy atom. The van der Waals surface area contributed by atoms with Crippen molar-refractivity contribution in [3.05, 3.63) is 232 Å². The summed E-state index contributed by atoms with van der Waals surface area (Å²) >= 11 is 0. The van der Waals surface area contributed by atoms with Crippen molar-refractivity contribution in [2.75, 3.05) is 0 Å². The van der Waals surface area contributed by atoms with Gasteiger partial charge in [-0.1, -0.05) is 84.9 Å². The van der Waals surface area contributed by atoms with Crippen LogP contribution in [0.4, 0.5) is 105 Å². The van der Waals surface area contributed by atoms with Gasteiger partial charge in [-0.25, -0.2) is 0 Å². The average molecular weight is 1360 g/mol. The molecule has 3 heterocycles. The lowest BCUT2D eigenvalue weighted by molar-refractivity contribution is -0.144. The molecule has 0 saturated heterocycles. The van der Waals surface area contributed by atoms with Gasteiger partial charge in [0, 0.05) is 27.1 Å². The molecule has 0 aliphatic rings. The molecule has 9 aromatic carbocycles. The fraction of sp³-hybridized carbons (Fsp3) is 0.118. The van der Waals surface area contributed by atoms with Crippen molar-refractivity contribution in [3.8, 4) is 73.1 Å². The Hall–Kier alpha value is -10.5. The molecule has 0 spiro atoms. The van der Waals surface area contributed by atoms with Gasteiger partial charge in [0.25, 0.3) is 0 Å². The van der Waals surface area contributed by atoms with Crippen LogP contribution in [-0.2, 0) is 49.4 Å². The molecule has 0 atom stereocenters. The summed E-state index contributed by atoms with van der Waals surface area (Å²) in [6, 6.07) is 22.8. The number of alkyl halides is 24. The second-order valence-corrected chi connectivity index (χ2v) is 21.9. The van der Waals surface area contributed by atoms with Crippen LogP contribution in [-0.4, -0.2) is 14.1 Å². The molecular formula is C68H30F24N4. The van der Waals surface area contributed by atoms with E-state index in [0.29, 0.717) is 48.5 Å². The van der Waals surface area contributed by atoms with Crippen molar-refractivity contribution in [2.24, 2.45) is 0 Å². The predicted octanol–water partition coefficient (Wildman–Crippen LogP) is 23.6. The summed E-state index contributed by atoms with van der Waals surface area (Å²) in [6.07, 6.45) is -41.2. The van der Waals surface area contributed by atoms with Crippen LogP contribution in [0.15, 0.2) is 182 Å². The maximum atomic E-state index is 15.0. The van der Waals surface area contributed by atoms with Crippen LogP contribution in [0.2, 0.25) is 0 Å². The largest absolute Gasteiger partial charge is 0.417 e. The number of hydrogen-bond donors (Lipinski definition) is 0. The minimum Gasteiger partial charge on any atom is -0.307 e. The first-order valence-corrected chi connectivity index (χ1v) is 27.4. The van der Waals surface area contributed by atoms with Crippen molar-refractivity contribution in [2.45, 2.75) is 49.4 Å². The molecule has 0 amide bonds. The summed E-state index contributed by atoms with van der Waals surface area (Å²) in [5.74, 6) is 0. The molecule has 0 aliphatic heterocycles. The number of nitrogens with zero attached hydrogens (tertiary/aromatic N) is 4. The van der Waals surface area contributed by atoms with E-state index in [1.165, 1.54) is 48.5 Å². The summed E-state index contributed by atoms with van der Waals surface area (Å²) in [5.41, 5.74) is -21.4. The number of rotatable bonds is 7. The van der Waals surface area contributed by atoms with Crippen molar-refractivity contribution in [1.82, 2.24) is 14.1 Å². The quantitative estimate of drug-likeness (QED) is 0.149. The summed E-state index contributed by atoms with van der Waals surface area (Å²) in [7, 11) is 0. The summed E-state index contributed by atoms with van der Waals surface area (Å²) in [6.45, 7) is 0. The molecule has 0 bridgehead atoms. The van der Waals surface area contributed by atoms with Crippen LogP contribution in [0, 0.1) is 11.3 Å². The number of aromatic nitrogens is 3. The normalized spacial score (nSPS) is 13.2. The third kappa shape index (κ3) is 11.8. The first kappa shape index (κ1) is 65.6. The number of halogens is 24. The molecule has 0 radical (unpaired) electrons. The van der Waals surface area contributed by atoms with E-state index in [1.54, 1.807) is 0 Å². The van der Waals surface area contributed by atoms with Crippen LogP contribution in [0.1, 0.15) is 50.1 Å². The molecule has 0 saturated carbocycles. The lowest BCUT2D eigenvalue weighted by atomic mass is 9.95. The number of hydrogen-bond acceptors (Lipinski definition) is 2. The van der Waals surface area contributed by atoms with Crippen LogP contribution in [0.25, 0.3) is 111 Å². The molecule has 12 rings (SSSR count). The van der Waals surface area contributed by atoms with E-state index in [2.05, 4.69) is 4.98 Å². The Labute approximate surface area is 521 Å². The van der Waals surface area contributed by atoms with E-state index in [4.69, 9.17) is 0 Å². The molecule has 0 fully saturated rings. The molecular weight excluding hydrogens is 1330 g/mol.